The average molecular weight is 615 g/mol. The third kappa shape index (κ3) is 7.07. The summed E-state index contributed by atoms with van der Waals surface area (Å²) >= 11 is 2.74. The molecule has 0 atom stereocenters. The van der Waals surface area contributed by atoms with Crippen LogP contribution in [0.1, 0.15) is 71.9 Å². The standard InChI is InChI=1S/C24H30N12O4S2/c1-13(31-33-21(25)26)17-15(29-23-35(17)7-11-41-23)19(37)39-9-5-3-4-6-10-40-20(38)16-18(14(2)32-34-22(27)28)36-8-12-42-24(36)30-16/h7-8,11-12H,3-6,9-10H2,1-2H3,(H4,25,26,33)(H4,27,28,34)/b31-13+,32-14+. The molecule has 0 aliphatic carbocycles. The van der Waals surface area contributed by atoms with Crippen LogP contribution >= 0.6 is 22.7 Å². The number of ether oxygens (including phenoxy) is 2. The average Bonchev–Trinajstić information content (AvgIpc) is 3.72. The normalized spacial score (nSPS) is 12.0. The van der Waals surface area contributed by atoms with Crippen LogP contribution in [0.3, 0.4) is 0 Å². The maximum absolute atomic E-state index is 12.8. The predicted octanol–water partition coefficient (Wildman–Crippen LogP) is 1.67. The van der Waals surface area contributed by atoms with Gasteiger partial charge in [-0.05, 0) is 39.5 Å². The van der Waals surface area contributed by atoms with Crippen molar-refractivity contribution >= 4 is 67.9 Å². The number of thiazole rings is 2. The fraction of sp³-hybridized carbons (Fsp3) is 0.333. The Morgan fingerprint density at radius 3 is 1.50 bits per heavy atom. The molecule has 0 saturated heterocycles. The summed E-state index contributed by atoms with van der Waals surface area (Å²) in [5.41, 5.74) is 23.5. The van der Waals surface area contributed by atoms with E-state index in [2.05, 4.69) is 30.4 Å². The van der Waals surface area contributed by atoms with E-state index in [-0.39, 0.29) is 36.5 Å². The molecule has 18 heteroatoms. The highest BCUT2D eigenvalue weighted by Crippen LogP contribution is 2.21. The van der Waals surface area contributed by atoms with E-state index in [0.29, 0.717) is 45.6 Å². The van der Waals surface area contributed by atoms with Gasteiger partial charge in [0, 0.05) is 23.2 Å². The van der Waals surface area contributed by atoms with Gasteiger partial charge in [0.15, 0.2) is 21.3 Å². The van der Waals surface area contributed by atoms with Crippen molar-refractivity contribution in [3.8, 4) is 0 Å². The van der Waals surface area contributed by atoms with Gasteiger partial charge in [-0.15, -0.1) is 32.9 Å². The van der Waals surface area contributed by atoms with Crippen molar-refractivity contribution in [3.05, 3.63) is 45.9 Å². The van der Waals surface area contributed by atoms with E-state index in [1.807, 2.05) is 10.8 Å². The third-order valence-corrected chi connectivity index (χ3v) is 7.25. The minimum atomic E-state index is -0.566. The van der Waals surface area contributed by atoms with Crippen molar-refractivity contribution in [2.24, 2.45) is 43.3 Å². The molecule has 0 aliphatic rings. The zero-order chi connectivity index (χ0) is 30.2. The van der Waals surface area contributed by atoms with Crippen LogP contribution in [0, 0.1) is 0 Å². The van der Waals surface area contributed by atoms with Gasteiger partial charge in [-0.2, -0.15) is 10.2 Å². The Balaban J connectivity index is 1.24. The number of imidazole rings is 2. The van der Waals surface area contributed by atoms with Crippen LogP contribution in [0.25, 0.3) is 9.92 Å². The summed E-state index contributed by atoms with van der Waals surface area (Å²) in [6, 6.07) is 0. The Morgan fingerprint density at radius 1 is 0.714 bits per heavy atom. The molecule has 4 aromatic rings. The van der Waals surface area contributed by atoms with Gasteiger partial charge in [-0.3, -0.25) is 8.80 Å². The second-order valence-electron chi connectivity index (χ2n) is 8.84. The molecule has 0 aliphatic heterocycles. The Bertz CT molecular complexity index is 1580. The van der Waals surface area contributed by atoms with Gasteiger partial charge >= 0.3 is 11.9 Å². The maximum Gasteiger partial charge on any atom is 0.359 e. The number of hydrogen-bond acceptors (Lipinski definition) is 12. The van der Waals surface area contributed by atoms with Crippen LogP contribution in [0.4, 0.5) is 0 Å². The van der Waals surface area contributed by atoms with Gasteiger partial charge in [0.2, 0.25) is 11.9 Å². The number of carbonyl (C=O) groups excluding carboxylic acids is 2. The molecule has 0 amide bonds. The molecule has 4 heterocycles. The number of rotatable bonds is 13. The number of hydrogen-bond donors (Lipinski definition) is 4. The van der Waals surface area contributed by atoms with Crippen LogP contribution in [-0.2, 0) is 9.47 Å². The summed E-state index contributed by atoms with van der Waals surface area (Å²) in [6.07, 6.45) is 6.32. The fourth-order valence-corrected chi connectivity index (χ4v) is 5.36. The highest BCUT2D eigenvalue weighted by molar-refractivity contribution is 7.15. The number of esters is 2. The number of nitrogens with zero attached hydrogens (tertiary/aromatic N) is 8. The minimum Gasteiger partial charge on any atom is -0.461 e. The van der Waals surface area contributed by atoms with E-state index < -0.39 is 11.9 Å². The molecule has 0 fully saturated rings. The van der Waals surface area contributed by atoms with Crippen molar-refractivity contribution < 1.29 is 19.1 Å². The van der Waals surface area contributed by atoms with Crippen molar-refractivity contribution in [1.82, 2.24) is 18.8 Å². The number of fused-ring (bicyclic) bond motifs is 2. The number of carbonyl (C=O) groups is 2. The summed E-state index contributed by atoms with van der Waals surface area (Å²) in [5, 5.41) is 19.0. The molecule has 222 valence electrons. The number of guanidine groups is 2. The maximum atomic E-state index is 12.8. The summed E-state index contributed by atoms with van der Waals surface area (Å²) in [7, 11) is 0. The lowest BCUT2D eigenvalue weighted by molar-refractivity contribution is 0.0467. The highest BCUT2D eigenvalue weighted by atomic mass is 32.1. The zero-order valence-electron chi connectivity index (χ0n) is 22.9. The first kappa shape index (κ1) is 30.1. The van der Waals surface area contributed by atoms with Gasteiger partial charge in [0.1, 0.15) is 11.4 Å². The number of nitrogens with two attached hydrogens (primary N) is 4. The van der Waals surface area contributed by atoms with Gasteiger partial charge < -0.3 is 32.4 Å². The molecule has 16 nitrogen and oxygen atoms in total. The van der Waals surface area contributed by atoms with E-state index in [9.17, 15) is 9.59 Å². The van der Waals surface area contributed by atoms with Crippen molar-refractivity contribution in [3.63, 3.8) is 0 Å². The van der Waals surface area contributed by atoms with Crippen molar-refractivity contribution in [1.29, 1.82) is 0 Å². The molecule has 0 saturated carbocycles. The molecular formula is C24H30N12O4S2. The van der Waals surface area contributed by atoms with Gasteiger partial charge in [-0.25, -0.2) is 19.6 Å². The van der Waals surface area contributed by atoms with E-state index in [4.69, 9.17) is 32.4 Å². The summed E-state index contributed by atoms with van der Waals surface area (Å²) in [4.78, 5) is 35.6. The SMILES string of the molecule is C/C(=N\N=C(N)N)c1c(C(=O)OCCCCCCOC(=O)c2nc3sccn3c2/C(C)=N/N=C(N)N)nc2sccn12. The molecule has 0 bridgehead atoms. The largest absolute Gasteiger partial charge is 0.461 e. The van der Waals surface area contributed by atoms with Gasteiger partial charge in [0.25, 0.3) is 0 Å². The smallest absolute Gasteiger partial charge is 0.359 e. The highest BCUT2D eigenvalue weighted by Gasteiger charge is 2.24. The van der Waals surface area contributed by atoms with Crippen molar-refractivity contribution in [2.75, 3.05) is 13.2 Å². The lowest BCUT2D eigenvalue weighted by Gasteiger charge is -2.07. The number of aromatic nitrogens is 4. The van der Waals surface area contributed by atoms with Crippen LogP contribution in [-0.4, -0.2) is 67.3 Å². The Kier molecular flexibility index (Phi) is 9.81. The van der Waals surface area contributed by atoms with E-state index >= 15 is 0 Å². The quantitative estimate of drug-likeness (QED) is 0.0558. The van der Waals surface area contributed by atoms with E-state index in [1.165, 1.54) is 22.7 Å². The van der Waals surface area contributed by atoms with Crippen LogP contribution in [0.2, 0.25) is 0 Å². The van der Waals surface area contributed by atoms with Crippen LogP contribution in [0.15, 0.2) is 43.6 Å². The van der Waals surface area contributed by atoms with Crippen LogP contribution < -0.4 is 22.9 Å². The second-order valence-corrected chi connectivity index (χ2v) is 10.6. The van der Waals surface area contributed by atoms with E-state index in [0.717, 1.165) is 12.8 Å². The first-order valence-corrected chi connectivity index (χ1v) is 14.5. The molecule has 4 aromatic heterocycles. The lowest BCUT2D eigenvalue weighted by Crippen LogP contribution is -2.22. The Labute approximate surface area is 247 Å². The van der Waals surface area contributed by atoms with Gasteiger partial charge in [-0.1, -0.05) is 0 Å². The zero-order valence-corrected chi connectivity index (χ0v) is 24.5. The molecule has 4 rings (SSSR count). The van der Waals surface area contributed by atoms with Crippen LogP contribution in [0.5, 0.6) is 0 Å². The van der Waals surface area contributed by atoms with E-state index in [1.54, 1.807) is 35.0 Å². The first-order valence-electron chi connectivity index (χ1n) is 12.7. The number of unbranched alkanes of at least 4 members (excludes halogenated alkanes) is 3. The minimum absolute atomic E-state index is 0.137. The monoisotopic (exact) mass is 614 g/mol. The molecule has 0 unspecified atom stereocenters. The molecule has 42 heavy (non-hydrogen) atoms. The van der Waals surface area contributed by atoms with Crippen molar-refractivity contribution in [2.45, 2.75) is 39.5 Å². The second kappa shape index (κ2) is 13.7. The molecule has 0 aromatic carbocycles. The Morgan fingerprint density at radius 2 is 1.12 bits per heavy atom. The molecule has 0 radical (unpaired) electrons. The lowest BCUT2D eigenvalue weighted by atomic mass is 10.2. The molecule has 0 spiro atoms. The molecular weight excluding hydrogens is 584 g/mol. The summed E-state index contributed by atoms with van der Waals surface area (Å²) in [6.45, 7) is 3.76. The predicted molar refractivity (Wildman–Crippen MR) is 161 cm³/mol. The van der Waals surface area contributed by atoms with Gasteiger partial charge in [0.05, 0.1) is 24.6 Å². The third-order valence-electron chi connectivity index (χ3n) is 5.73. The topological polar surface area (TPSA) is 241 Å². The molecule has 8 N–H and O–H groups in total. The fourth-order valence-electron chi connectivity index (χ4n) is 3.93. The summed E-state index contributed by atoms with van der Waals surface area (Å²) < 4.78 is 14.4. The Hall–Kier alpha value is -4.84. The summed E-state index contributed by atoms with van der Waals surface area (Å²) in [5.74, 6) is -1.53. The first-order chi connectivity index (χ1) is 20.2.